The Balaban J connectivity index is 1.49. The van der Waals surface area contributed by atoms with E-state index in [0.717, 1.165) is 47.3 Å². The minimum Gasteiger partial charge on any atom is -0.378 e. The maximum Gasteiger partial charge on any atom is 0.258 e. The molecule has 0 atom stereocenters. The second kappa shape index (κ2) is 9.35. The van der Waals surface area contributed by atoms with Crippen LogP contribution in [0.5, 0.6) is 0 Å². The molecule has 7 nitrogen and oxygen atoms in total. The van der Waals surface area contributed by atoms with Gasteiger partial charge in [-0.3, -0.25) is 9.78 Å². The molecule has 1 aliphatic rings. The van der Waals surface area contributed by atoms with Gasteiger partial charge in [0.05, 0.1) is 30.7 Å². The van der Waals surface area contributed by atoms with Crippen LogP contribution in [0.2, 0.25) is 0 Å². The van der Waals surface area contributed by atoms with Crippen LogP contribution in [0.15, 0.2) is 55.1 Å². The van der Waals surface area contributed by atoms with Gasteiger partial charge in [-0.05, 0) is 42.3 Å². The Hall–Kier alpha value is -3.78. The van der Waals surface area contributed by atoms with Crippen molar-refractivity contribution in [1.82, 2.24) is 14.4 Å². The zero-order chi connectivity index (χ0) is 25.4. The van der Waals surface area contributed by atoms with Crippen molar-refractivity contribution < 1.29 is 13.9 Å². The number of carbonyl (C=O) groups is 1. The molecule has 1 N–H and O–H groups in total. The summed E-state index contributed by atoms with van der Waals surface area (Å²) in [5, 5.41) is 2.87. The highest BCUT2D eigenvalue weighted by molar-refractivity contribution is 6.04. The molecule has 0 radical (unpaired) electrons. The van der Waals surface area contributed by atoms with Crippen molar-refractivity contribution >= 4 is 22.9 Å². The number of morpholine rings is 1. The summed E-state index contributed by atoms with van der Waals surface area (Å²) in [6.07, 6.45) is 6.88. The van der Waals surface area contributed by atoms with Crippen LogP contribution in [0.3, 0.4) is 0 Å². The molecule has 1 amide bonds. The van der Waals surface area contributed by atoms with Crippen LogP contribution in [0.1, 0.15) is 42.4 Å². The van der Waals surface area contributed by atoms with Gasteiger partial charge in [0.15, 0.2) is 11.5 Å². The van der Waals surface area contributed by atoms with Crippen molar-refractivity contribution in [2.24, 2.45) is 0 Å². The number of halogens is 1. The van der Waals surface area contributed by atoms with E-state index in [2.05, 4.69) is 26.3 Å². The largest absolute Gasteiger partial charge is 0.378 e. The number of benzene rings is 1. The summed E-state index contributed by atoms with van der Waals surface area (Å²) in [6.45, 7) is 10.9. The first-order valence-corrected chi connectivity index (χ1v) is 12.1. The molecule has 0 bridgehead atoms. The van der Waals surface area contributed by atoms with E-state index < -0.39 is 11.7 Å². The Labute approximate surface area is 209 Å². The highest BCUT2D eigenvalue weighted by Gasteiger charge is 2.21. The molecule has 186 valence electrons. The number of amides is 1. The van der Waals surface area contributed by atoms with E-state index in [9.17, 15) is 9.18 Å². The van der Waals surface area contributed by atoms with Gasteiger partial charge < -0.3 is 19.4 Å². The van der Waals surface area contributed by atoms with Gasteiger partial charge in [-0.2, -0.15) is 0 Å². The van der Waals surface area contributed by atoms with E-state index in [1.807, 2.05) is 62.7 Å². The van der Waals surface area contributed by atoms with Gasteiger partial charge in [-0.1, -0.05) is 26.8 Å². The molecule has 4 heterocycles. The SMILES string of the molecule is Cc1ccc(NC(=O)c2cc(C(C)(C)C)ncc2F)cc1-c1cc(N2CCOCC2)c2nccn2c1. The average Bonchev–Trinajstić information content (AvgIpc) is 3.33. The molecule has 0 unspecified atom stereocenters. The van der Waals surface area contributed by atoms with Crippen LogP contribution in [-0.2, 0) is 10.2 Å². The number of nitrogens with one attached hydrogen (secondary N) is 1. The third kappa shape index (κ3) is 4.68. The fourth-order valence-electron chi connectivity index (χ4n) is 4.43. The second-order valence-electron chi connectivity index (χ2n) is 10.2. The lowest BCUT2D eigenvalue weighted by molar-refractivity contribution is 0.102. The lowest BCUT2D eigenvalue weighted by Crippen LogP contribution is -2.36. The number of imidazole rings is 1. The number of fused-ring (bicyclic) bond motifs is 1. The second-order valence-corrected chi connectivity index (χ2v) is 10.2. The lowest BCUT2D eigenvalue weighted by Gasteiger charge is -2.29. The van der Waals surface area contributed by atoms with E-state index in [4.69, 9.17) is 4.74 Å². The van der Waals surface area contributed by atoms with Crippen molar-refractivity contribution in [2.75, 3.05) is 36.5 Å². The third-order valence-corrected chi connectivity index (χ3v) is 6.49. The molecule has 1 aliphatic heterocycles. The maximum atomic E-state index is 14.5. The van der Waals surface area contributed by atoms with Crippen LogP contribution in [0.4, 0.5) is 15.8 Å². The smallest absolute Gasteiger partial charge is 0.258 e. The van der Waals surface area contributed by atoms with Crippen molar-refractivity contribution in [1.29, 1.82) is 0 Å². The topological polar surface area (TPSA) is 71.8 Å². The molecule has 3 aromatic heterocycles. The maximum absolute atomic E-state index is 14.5. The van der Waals surface area contributed by atoms with Crippen LogP contribution >= 0.6 is 0 Å². The van der Waals surface area contributed by atoms with Gasteiger partial charge in [0.1, 0.15) is 0 Å². The Morgan fingerprint density at radius 2 is 1.89 bits per heavy atom. The zero-order valence-corrected chi connectivity index (χ0v) is 21.0. The molecule has 8 heteroatoms. The molecule has 4 aromatic rings. The first-order chi connectivity index (χ1) is 17.2. The van der Waals surface area contributed by atoms with Gasteiger partial charge in [0.25, 0.3) is 5.91 Å². The Bertz CT molecular complexity index is 1430. The Morgan fingerprint density at radius 1 is 1.11 bits per heavy atom. The summed E-state index contributed by atoms with van der Waals surface area (Å²) in [5.74, 6) is -1.15. The zero-order valence-electron chi connectivity index (χ0n) is 21.0. The summed E-state index contributed by atoms with van der Waals surface area (Å²) < 4.78 is 22.1. The number of hydrogen-bond donors (Lipinski definition) is 1. The first kappa shape index (κ1) is 23.9. The molecule has 1 aromatic carbocycles. The molecule has 1 saturated heterocycles. The summed E-state index contributed by atoms with van der Waals surface area (Å²) in [5.41, 5.74) is 5.90. The number of pyridine rings is 2. The molecule has 5 rings (SSSR count). The van der Waals surface area contributed by atoms with Crippen molar-refractivity contribution in [2.45, 2.75) is 33.1 Å². The number of hydrogen-bond acceptors (Lipinski definition) is 5. The number of rotatable bonds is 4. The first-order valence-electron chi connectivity index (χ1n) is 12.1. The quantitative estimate of drug-likeness (QED) is 0.427. The highest BCUT2D eigenvalue weighted by atomic mass is 19.1. The molecule has 36 heavy (non-hydrogen) atoms. The number of anilines is 2. The standard InChI is InChI=1S/C28H30FN5O2/c1-18-5-6-20(32-27(35)22-15-25(28(2,3)4)31-16-23(22)29)14-21(18)19-13-24(33-9-11-36-12-10-33)26-30-7-8-34(26)17-19/h5-8,13-17H,9-12H2,1-4H3,(H,32,35). The normalized spacial score (nSPS) is 14.3. The minimum atomic E-state index is -0.645. The summed E-state index contributed by atoms with van der Waals surface area (Å²) in [4.78, 5) is 24.0. The van der Waals surface area contributed by atoms with E-state index in [0.29, 0.717) is 24.6 Å². The van der Waals surface area contributed by atoms with E-state index in [1.54, 1.807) is 6.20 Å². The van der Waals surface area contributed by atoms with Crippen LogP contribution < -0.4 is 10.2 Å². The predicted molar refractivity (Wildman–Crippen MR) is 139 cm³/mol. The van der Waals surface area contributed by atoms with E-state index >= 15 is 0 Å². The van der Waals surface area contributed by atoms with Crippen LogP contribution in [0.25, 0.3) is 16.8 Å². The number of carbonyl (C=O) groups excluding carboxylic acids is 1. The monoisotopic (exact) mass is 487 g/mol. The molecular formula is C28H30FN5O2. The Morgan fingerprint density at radius 3 is 2.64 bits per heavy atom. The van der Waals surface area contributed by atoms with Gasteiger partial charge in [-0.25, -0.2) is 9.37 Å². The Kier molecular flexibility index (Phi) is 6.22. The van der Waals surface area contributed by atoms with Crippen LogP contribution in [0, 0.1) is 12.7 Å². The third-order valence-electron chi connectivity index (χ3n) is 6.49. The highest BCUT2D eigenvalue weighted by Crippen LogP contribution is 2.32. The molecular weight excluding hydrogens is 457 g/mol. The number of ether oxygens (including phenoxy) is 1. The molecule has 0 spiro atoms. The number of aromatic nitrogens is 3. The van der Waals surface area contributed by atoms with Gasteiger partial charge in [0, 0.05) is 54.0 Å². The average molecular weight is 488 g/mol. The lowest BCUT2D eigenvalue weighted by atomic mass is 9.90. The predicted octanol–water partition coefficient (Wildman–Crippen LogP) is 5.23. The summed E-state index contributed by atoms with van der Waals surface area (Å²) in [6, 6.07) is 9.39. The number of aryl methyl sites for hydroxylation is 1. The summed E-state index contributed by atoms with van der Waals surface area (Å²) in [7, 11) is 0. The van der Waals surface area contributed by atoms with Crippen molar-refractivity contribution in [3.05, 3.63) is 77.8 Å². The van der Waals surface area contributed by atoms with Crippen molar-refractivity contribution in [3.63, 3.8) is 0 Å². The van der Waals surface area contributed by atoms with E-state index in [1.165, 1.54) is 6.07 Å². The fraction of sp³-hybridized carbons (Fsp3) is 0.321. The van der Waals surface area contributed by atoms with Crippen molar-refractivity contribution in [3.8, 4) is 11.1 Å². The number of nitrogens with zero attached hydrogens (tertiary/aromatic N) is 4. The van der Waals surface area contributed by atoms with Gasteiger partial charge >= 0.3 is 0 Å². The van der Waals surface area contributed by atoms with Gasteiger partial charge in [0.2, 0.25) is 0 Å². The van der Waals surface area contributed by atoms with E-state index in [-0.39, 0.29) is 11.0 Å². The fourth-order valence-corrected chi connectivity index (χ4v) is 4.43. The minimum absolute atomic E-state index is 0.0218. The van der Waals surface area contributed by atoms with Gasteiger partial charge in [-0.15, -0.1) is 0 Å². The molecule has 1 fully saturated rings. The molecule has 0 saturated carbocycles. The molecule has 0 aliphatic carbocycles. The summed E-state index contributed by atoms with van der Waals surface area (Å²) >= 11 is 0. The van der Waals surface area contributed by atoms with Crippen LogP contribution in [-0.4, -0.2) is 46.6 Å².